The normalized spacial score (nSPS) is 16.4. The zero-order valence-electron chi connectivity index (χ0n) is 17.4. The van der Waals surface area contributed by atoms with Gasteiger partial charge in [0.05, 0.1) is 6.61 Å². The maximum atomic E-state index is 13.8. The Morgan fingerprint density at radius 3 is 2.74 bits per heavy atom. The molecule has 1 fully saturated rings. The Hall–Kier alpha value is -3.12. The van der Waals surface area contributed by atoms with Crippen molar-refractivity contribution in [3.05, 3.63) is 71.5 Å². The number of nitrogens with one attached hydrogen (secondary N) is 1. The van der Waals surface area contributed by atoms with Crippen molar-refractivity contribution in [3.63, 3.8) is 0 Å². The van der Waals surface area contributed by atoms with E-state index in [0.717, 1.165) is 72.5 Å². The van der Waals surface area contributed by atoms with Crippen molar-refractivity contribution in [2.24, 2.45) is 0 Å². The number of nitrogens with zero attached hydrogens (tertiary/aromatic N) is 2. The van der Waals surface area contributed by atoms with Gasteiger partial charge in [-0.1, -0.05) is 24.3 Å². The minimum Gasteiger partial charge on any atom is -0.494 e. The Kier molecular flexibility index (Phi) is 5.47. The van der Waals surface area contributed by atoms with E-state index in [1.54, 1.807) is 6.07 Å². The third-order valence-corrected chi connectivity index (χ3v) is 6.19. The van der Waals surface area contributed by atoms with E-state index in [2.05, 4.69) is 21.2 Å². The SMILES string of the molecule is O=C1NCc2ccc(OCCCN3CCN(c4cccc5ccc(F)cc45)CC3)cc21. The van der Waals surface area contributed by atoms with Gasteiger partial charge in [0, 0.05) is 55.9 Å². The Bertz CT molecular complexity index is 1110. The summed E-state index contributed by atoms with van der Waals surface area (Å²) in [4.78, 5) is 16.6. The molecule has 1 N–H and O–H groups in total. The number of fused-ring (bicyclic) bond motifs is 2. The van der Waals surface area contributed by atoms with Gasteiger partial charge in [-0.2, -0.15) is 0 Å². The number of ether oxygens (including phenoxy) is 1. The molecule has 2 aliphatic heterocycles. The quantitative estimate of drug-likeness (QED) is 0.617. The number of carbonyl (C=O) groups is 1. The lowest BCUT2D eigenvalue weighted by molar-refractivity contribution is 0.0965. The average molecular weight is 420 g/mol. The van der Waals surface area contributed by atoms with Gasteiger partial charge in [0.2, 0.25) is 0 Å². The standard InChI is InChI=1S/C25H26FN3O2/c26-20-7-5-18-3-1-4-24(22(18)15-20)29-12-10-28(11-13-29)9-2-14-31-21-8-6-19-17-27-25(30)23(19)16-21/h1,3-8,15-16H,2,9-14,17H2,(H,27,30). The molecule has 3 aromatic rings. The minimum absolute atomic E-state index is 0.0211. The molecule has 0 unspecified atom stereocenters. The van der Waals surface area contributed by atoms with Crippen molar-refractivity contribution in [1.82, 2.24) is 10.2 Å². The number of hydrogen-bond donors (Lipinski definition) is 1. The van der Waals surface area contributed by atoms with Crippen molar-refractivity contribution in [2.75, 3.05) is 44.2 Å². The molecule has 0 spiro atoms. The van der Waals surface area contributed by atoms with Crippen LogP contribution in [-0.2, 0) is 6.54 Å². The number of benzene rings is 3. The average Bonchev–Trinajstić information content (AvgIpc) is 3.17. The van der Waals surface area contributed by atoms with Crippen LogP contribution in [0.1, 0.15) is 22.3 Å². The molecule has 0 bridgehead atoms. The first-order valence-electron chi connectivity index (χ1n) is 10.9. The van der Waals surface area contributed by atoms with E-state index in [0.29, 0.717) is 13.2 Å². The summed E-state index contributed by atoms with van der Waals surface area (Å²) in [5.41, 5.74) is 2.87. The van der Waals surface area contributed by atoms with Crippen molar-refractivity contribution in [1.29, 1.82) is 0 Å². The van der Waals surface area contributed by atoms with E-state index in [-0.39, 0.29) is 11.7 Å². The molecule has 1 amide bonds. The molecule has 0 atom stereocenters. The van der Waals surface area contributed by atoms with Crippen LogP contribution >= 0.6 is 0 Å². The fourth-order valence-corrected chi connectivity index (χ4v) is 4.48. The molecule has 0 radical (unpaired) electrons. The lowest BCUT2D eigenvalue weighted by Crippen LogP contribution is -2.46. The van der Waals surface area contributed by atoms with Crippen LogP contribution in [0, 0.1) is 5.82 Å². The number of anilines is 1. The van der Waals surface area contributed by atoms with Gasteiger partial charge < -0.3 is 15.0 Å². The van der Waals surface area contributed by atoms with Gasteiger partial charge in [-0.15, -0.1) is 0 Å². The van der Waals surface area contributed by atoms with Crippen molar-refractivity contribution in [2.45, 2.75) is 13.0 Å². The van der Waals surface area contributed by atoms with Crippen LogP contribution in [0.25, 0.3) is 10.8 Å². The first-order chi connectivity index (χ1) is 15.2. The molecule has 0 aliphatic carbocycles. The van der Waals surface area contributed by atoms with E-state index in [4.69, 9.17) is 4.74 Å². The molecule has 0 aromatic heterocycles. The van der Waals surface area contributed by atoms with Crippen molar-refractivity contribution < 1.29 is 13.9 Å². The lowest BCUT2D eigenvalue weighted by atomic mass is 10.1. The third kappa shape index (κ3) is 4.21. The number of piperazine rings is 1. The molecule has 1 saturated heterocycles. The first kappa shape index (κ1) is 19.8. The second-order valence-electron chi connectivity index (χ2n) is 8.17. The second-order valence-corrected chi connectivity index (χ2v) is 8.17. The van der Waals surface area contributed by atoms with E-state index >= 15 is 0 Å². The van der Waals surface area contributed by atoms with Crippen LogP contribution in [0.2, 0.25) is 0 Å². The highest BCUT2D eigenvalue weighted by Crippen LogP contribution is 2.28. The number of carbonyl (C=O) groups excluding carboxylic acids is 1. The summed E-state index contributed by atoms with van der Waals surface area (Å²) in [5.74, 6) is 0.540. The summed E-state index contributed by atoms with van der Waals surface area (Å²) in [5, 5.41) is 4.88. The molecule has 5 nitrogen and oxygen atoms in total. The predicted octanol–water partition coefficient (Wildman–Crippen LogP) is 3.81. The molecule has 3 aromatic carbocycles. The number of halogens is 1. The molecule has 31 heavy (non-hydrogen) atoms. The van der Waals surface area contributed by atoms with E-state index in [9.17, 15) is 9.18 Å². The Morgan fingerprint density at radius 2 is 1.87 bits per heavy atom. The summed E-state index contributed by atoms with van der Waals surface area (Å²) in [6, 6.07) is 16.9. The lowest BCUT2D eigenvalue weighted by Gasteiger charge is -2.36. The molecular formula is C25H26FN3O2. The van der Waals surface area contributed by atoms with Crippen LogP contribution in [0.15, 0.2) is 54.6 Å². The van der Waals surface area contributed by atoms with Gasteiger partial charge in [-0.05, 0) is 47.7 Å². The predicted molar refractivity (Wildman–Crippen MR) is 120 cm³/mol. The van der Waals surface area contributed by atoms with E-state index < -0.39 is 0 Å². The van der Waals surface area contributed by atoms with Crippen LogP contribution in [0.5, 0.6) is 5.75 Å². The largest absolute Gasteiger partial charge is 0.494 e. The molecule has 160 valence electrons. The molecule has 5 rings (SSSR count). The fourth-order valence-electron chi connectivity index (χ4n) is 4.48. The summed E-state index contributed by atoms with van der Waals surface area (Å²) in [6.07, 6.45) is 0.933. The highest BCUT2D eigenvalue weighted by atomic mass is 19.1. The monoisotopic (exact) mass is 419 g/mol. The molecule has 2 aliphatic rings. The summed E-state index contributed by atoms with van der Waals surface area (Å²) >= 11 is 0. The topological polar surface area (TPSA) is 44.8 Å². The van der Waals surface area contributed by atoms with Crippen LogP contribution in [0.4, 0.5) is 10.1 Å². The summed E-state index contributed by atoms with van der Waals surface area (Å²) in [6.45, 7) is 6.02. The summed E-state index contributed by atoms with van der Waals surface area (Å²) < 4.78 is 19.6. The molecule has 2 heterocycles. The number of hydrogen-bond acceptors (Lipinski definition) is 4. The minimum atomic E-state index is -0.192. The first-order valence-corrected chi connectivity index (χ1v) is 10.9. The fraction of sp³-hybridized carbons (Fsp3) is 0.320. The summed E-state index contributed by atoms with van der Waals surface area (Å²) in [7, 11) is 0. The van der Waals surface area contributed by atoms with Gasteiger partial charge in [0.1, 0.15) is 11.6 Å². The highest BCUT2D eigenvalue weighted by molar-refractivity contribution is 5.98. The van der Waals surface area contributed by atoms with Crippen molar-refractivity contribution >= 4 is 22.4 Å². The highest BCUT2D eigenvalue weighted by Gasteiger charge is 2.20. The van der Waals surface area contributed by atoms with Crippen LogP contribution in [0.3, 0.4) is 0 Å². The molecule has 6 heteroatoms. The maximum Gasteiger partial charge on any atom is 0.252 e. The van der Waals surface area contributed by atoms with Gasteiger partial charge in [-0.25, -0.2) is 4.39 Å². The smallest absolute Gasteiger partial charge is 0.252 e. The Labute approximate surface area is 181 Å². The van der Waals surface area contributed by atoms with Gasteiger partial charge in [-0.3, -0.25) is 9.69 Å². The van der Waals surface area contributed by atoms with Gasteiger partial charge >= 0.3 is 0 Å². The van der Waals surface area contributed by atoms with E-state index in [1.165, 1.54) is 6.07 Å². The zero-order valence-corrected chi connectivity index (χ0v) is 17.4. The van der Waals surface area contributed by atoms with E-state index in [1.807, 2.05) is 36.4 Å². The Balaban J connectivity index is 1.11. The molecule has 0 saturated carbocycles. The second kappa shape index (κ2) is 8.55. The van der Waals surface area contributed by atoms with Crippen LogP contribution < -0.4 is 15.0 Å². The Morgan fingerprint density at radius 1 is 1.00 bits per heavy atom. The number of rotatable bonds is 6. The van der Waals surface area contributed by atoms with Gasteiger partial charge in [0.15, 0.2) is 0 Å². The van der Waals surface area contributed by atoms with Gasteiger partial charge in [0.25, 0.3) is 5.91 Å². The van der Waals surface area contributed by atoms with Crippen LogP contribution in [-0.4, -0.2) is 50.1 Å². The third-order valence-electron chi connectivity index (χ3n) is 6.19. The maximum absolute atomic E-state index is 13.8. The molecular weight excluding hydrogens is 393 g/mol. The van der Waals surface area contributed by atoms with Crippen molar-refractivity contribution in [3.8, 4) is 5.75 Å². The zero-order chi connectivity index (χ0) is 21.2. The number of amides is 1.